The molecule has 0 saturated carbocycles. The minimum Gasteiger partial charge on any atom is -0.327 e. The van der Waals surface area contributed by atoms with Crippen molar-refractivity contribution in [2.45, 2.75) is 6.54 Å². The van der Waals surface area contributed by atoms with Gasteiger partial charge in [0, 0.05) is 41.1 Å². The van der Waals surface area contributed by atoms with Crippen molar-refractivity contribution in [1.29, 1.82) is 0 Å². The Morgan fingerprint density at radius 1 is 1.18 bits per heavy atom. The molecule has 0 saturated heterocycles. The first-order valence-corrected chi connectivity index (χ1v) is 7.44. The molecule has 0 spiro atoms. The molecular formula is C16H12BrN3O2. The van der Waals surface area contributed by atoms with E-state index in [4.69, 9.17) is 0 Å². The van der Waals surface area contributed by atoms with E-state index in [1.807, 2.05) is 41.1 Å². The number of hydrogen-bond donors (Lipinski definition) is 0. The van der Waals surface area contributed by atoms with E-state index in [0.29, 0.717) is 6.54 Å². The summed E-state index contributed by atoms with van der Waals surface area (Å²) in [6.07, 6.45) is 3.60. The monoisotopic (exact) mass is 357 g/mol. The highest BCUT2D eigenvalue weighted by Crippen LogP contribution is 2.27. The van der Waals surface area contributed by atoms with Gasteiger partial charge in [0.05, 0.1) is 4.92 Å². The molecule has 0 atom stereocenters. The lowest BCUT2D eigenvalue weighted by Crippen LogP contribution is -2.02. The molecule has 0 aliphatic carbocycles. The molecule has 2 aromatic carbocycles. The van der Waals surface area contributed by atoms with Crippen LogP contribution in [0.5, 0.6) is 0 Å². The normalized spacial score (nSPS) is 10.6. The second-order valence-electron chi connectivity index (χ2n) is 4.79. The van der Waals surface area contributed by atoms with Crippen LogP contribution < -0.4 is 0 Å². The molecule has 22 heavy (non-hydrogen) atoms. The Morgan fingerprint density at radius 3 is 2.77 bits per heavy atom. The number of aromatic nitrogens is 2. The van der Waals surface area contributed by atoms with Crippen molar-refractivity contribution in [1.82, 2.24) is 9.55 Å². The van der Waals surface area contributed by atoms with Crippen molar-refractivity contribution in [2.75, 3.05) is 0 Å². The van der Waals surface area contributed by atoms with Crippen LogP contribution in [0.25, 0.3) is 11.4 Å². The maximum absolute atomic E-state index is 10.9. The average Bonchev–Trinajstić information content (AvgIpc) is 2.96. The van der Waals surface area contributed by atoms with Crippen LogP contribution in [0, 0.1) is 10.1 Å². The van der Waals surface area contributed by atoms with Gasteiger partial charge < -0.3 is 4.57 Å². The van der Waals surface area contributed by atoms with Crippen molar-refractivity contribution in [3.8, 4) is 11.4 Å². The van der Waals surface area contributed by atoms with E-state index in [9.17, 15) is 10.1 Å². The molecule has 1 heterocycles. The average molecular weight is 358 g/mol. The van der Waals surface area contributed by atoms with Crippen molar-refractivity contribution >= 4 is 21.6 Å². The van der Waals surface area contributed by atoms with E-state index in [2.05, 4.69) is 20.9 Å². The van der Waals surface area contributed by atoms with Gasteiger partial charge in [-0.05, 0) is 11.6 Å². The summed E-state index contributed by atoms with van der Waals surface area (Å²) in [7, 11) is 0. The molecule has 0 fully saturated rings. The minimum absolute atomic E-state index is 0.0973. The third-order valence-electron chi connectivity index (χ3n) is 3.30. The molecule has 0 radical (unpaired) electrons. The highest BCUT2D eigenvalue weighted by Gasteiger charge is 2.11. The topological polar surface area (TPSA) is 61.0 Å². The van der Waals surface area contributed by atoms with Gasteiger partial charge in [-0.2, -0.15) is 0 Å². The zero-order chi connectivity index (χ0) is 15.5. The summed E-state index contributed by atoms with van der Waals surface area (Å²) in [5.74, 6) is 0.819. The van der Waals surface area contributed by atoms with Gasteiger partial charge in [-0.3, -0.25) is 10.1 Å². The molecule has 3 rings (SSSR count). The van der Waals surface area contributed by atoms with E-state index >= 15 is 0 Å². The molecular weight excluding hydrogens is 346 g/mol. The van der Waals surface area contributed by atoms with Gasteiger partial charge in [-0.25, -0.2) is 4.98 Å². The predicted octanol–water partition coefficient (Wildman–Crippen LogP) is 4.27. The second kappa shape index (κ2) is 6.11. The van der Waals surface area contributed by atoms with Crippen LogP contribution in [-0.4, -0.2) is 14.5 Å². The predicted molar refractivity (Wildman–Crippen MR) is 87.6 cm³/mol. The quantitative estimate of drug-likeness (QED) is 0.517. The van der Waals surface area contributed by atoms with Crippen LogP contribution in [0.15, 0.2) is 65.4 Å². The lowest BCUT2D eigenvalue weighted by Gasteiger charge is -2.09. The Balaban J connectivity index is 1.95. The summed E-state index contributed by atoms with van der Waals surface area (Å²) < 4.78 is 2.93. The lowest BCUT2D eigenvalue weighted by molar-refractivity contribution is -0.384. The van der Waals surface area contributed by atoms with E-state index in [1.54, 1.807) is 18.3 Å². The summed E-state index contributed by atoms with van der Waals surface area (Å²) in [4.78, 5) is 14.9. The van der Waals surface area contributed by atoms with Crippen LogP contribution in [-0.2, 0) is 6.54 Å². The van der Waals surface area contributed by atoms with E-state index in [0.717, 1.165) is 21.4 Å². The smallest absolute Gasteiger partial charge is 0.269 e. The Kier molecular flexibility index (Phi) is 4.02. The van der Waals surface area contributed by atoms with Crippen molar-refractivity contribution < 1.29 is 4.92 Å². The minimum atomic E-state index is -0.383. The number of nitro benzene ring substituents is 1. The molecule has 0 unspecified atom stereocenters. The molecule has 5 nitrogen and oxygen atoms in total. The largest absolute Gasteiger partial charge is 0.327 e. The van der Waals surface area contributed by atoms with E-state index in [1.165, 1.54) is 6.07 Å². The maximum atomic E-state index is 10.9. The number of hydrogen-bond acceptors (Lipinski definition) is 3. The zero-order valence-corrected chi connectivity index (χ0v) is 13.1. The molecule has 0 aliphatic heterocycles. The summed E-state index contributed by atoms with van der Waals surface area (Å²) in [5.41, 5.74) is 1.94. The van der Waals surface area contributed by atoms with Crippen LogP contribution in [0.2, 0.25) is 0 Å². The second-order valence-corrected chi connectivity index (χ2v) is 5.64. The van der Waals surface area contributed by atoms with Crippen LogP contribution in [0.4, 0.5) is 5.69 Å². The lowest BCUT2D eigenvalue weighted by atomic mass is 10.2. The number of halogens is 1. The molecule has 3 aromatic rings. The molecule has 110 valence electrons. The molecule has 0 N–H and O–H groups in total. The SMILES string of the molecule is O=[N+]([O-])c1cccc(Cn2ccnc2-c2ccccc2Br)c1. The van der Waals surface area contributed by atoms with Gasteiger partial charge in [-0.1, -0.05) is 46.3 Å². The first-order chi connectivity index (χ1) is 10.6. The summed E-state index contributed by atoms with van der Waals surface area (Å²) >= 11 is 3.53. The van der Waals surface area contributed by atoms with Gasteiger partial charge in [0.2, 0.25) is 0 Å². The van der Waals surface area contributed by atoms with Crippen molar-refractivity contribution in [3.05, 3.63) is 81.1 Å². The summed E-state index contributed by atoms with van der Waals surface area (Å²) in [5, 5.41) is 10.9. The Bertz CT molecular complexity index is 830. The summed E-state index contributed by atoms with van der Waals surface area (Å²) in [6, 6.07) is 14.5. The highest BCUT2D eigenvalue weighted by atomic mass is 79.9. The Hall–Kier alpha value is -2.47. The molecule has 0 bridgehead atoms. The van der Waals surface area contributed by atoms with Gasteiger partial charge in [0.25, 0.3) is 5.69 Å². The fraction of sp³-hybridized carbons (Fsp3) is 0.0625. The fourth-order valence-electron chi connectivity index (χ4n) is 2.29. The van der Waals surface area contributed by atoms with Gasteiger partial charge in [-0.15, -0.1) is 0 Å². The number of nitrogens with zero attached hydrogens (tertiary/aromatic N) is 3. The van der Waals surface area contributed by atoms with E-state index in [-0.39, 0.29) is 10.6 Å². The van der Waals surface area contributed by atoms with Crippen LogP contribution >= 0.6 is 15.9 Å². The van der Waals surface area contributed by atoms with Gasteiger partial charge in [0.15, 0.2) is 0 Å². The van der Waals surface area contributed by atoms with Crippen molar-refractivity contribution in [3.63, 3.8) is 0 Å². The highest BCUT2D eigenvalue weighted by molar-refractivity contribution is 9.10. The Morgan fingerprint density at radius 2 is 2.00 bits per heavy atom. The maximum Gasteiger partial charge on any atom is 0.269 e. The standard InChI is InChI=1S/C16H12BrN3O2/c17-15-7-2-1-6-14(15)16-18-8-9-19(16)11-12-4-3-5-13(10-12)20(21)22/h1-10H,11H2. The van der Waals surface area contributed by atoms with Crippen LogP contribution in [0.3, 0.4) is 0 Å². The van der Waals surface area contributed by atoms with Crippen LogP contribution in [0.1, 0.15) is 5.56 Å². The third kappa shape index (κ3) is 2.92. The third-order valence-corrected chi connectivity index (χ3v) is 4.00. The van der Waals surface area contributed by atoms with Gasteiger partial charge in [0.1, 0.15) is 5.82 Å². The number of non-ortho nitro benzene ring substituents is 1. The number of nitro groups is 1. The van der Waals surface area contributed by atoms with Crippen molar-refractivity contribution in [2.24, 2.45) is 0 Å². The number of rotatable bonds is 4. The molecule has 1 aromatic heterocycles. The first-order valence-electron chi connectivity index (χ1n) is 6.64. The molecule has 0 amide bonds. The number of benzene rings is 2. The zero-order valence-electron chi connectivity index (χ0n) is 11.5. The van der Waals surface area contributed by atoms with E-state index < -0.39 is 0 Å². The Labute approximate surface area is 135 Å². The van der Waals surface area contributed by atoms with Gasteiger partial charge >= 0.3 is 0 Å². The summed E-state index contributed by atoms with van der Waals surface area (Å²) in [6.45, 7) is 0.526. The molecule has 6 heteroatoms. The first kappa shape index (κ1) is 14.5. The fourth-order valence-corrected chi connectivity index (χ4v) is 2.75. The molecule has 0 aliphatic rings. The number of imidazole rings is 1.